The third-order valence-corrected chi connectivity index (χ3v) is 4.02. The van der Waals surface area contributed by atoms with Crippen LogP contribution in [0.15, 0.2) is 87.0 Å². The average Bonchev–Trinajstić information content (AvgIpc) is 2.63. The molecule has 3 heteroatoms. The molecule has 0 N–H and O–H groups in total. The van der Waals surface area contributed by atoms with Crippen molar-refractivity contribution >= 4 is 7.69 Å². The molecule has 0 aliphatic carbocycles. The van der Waals surface area contributed by atoms with Crippen LogP contribution in [0.3, 0.4) is 0 Å². The van der Waals surface area contributed by atoms with Crippen molar-refractivity contribution in [1.29, 1.82) is 0 Å². The second-order valence-electron chi connectivity index (χ2n) is 6.35. The third kappa shape index (κ3) is 6.71. The zero-order valence-corrected chi connectivity index (χ0v) is 16.0. The maximum absolute atomic E-state index is 5.85. The van der Waals surface area contributed by atoms with Crippen LogP contribution in [0.2, 0.25) is 0 Å². The molecule has 0 amide bonds. The lowest BCUT2D eigenvalue weighted by Gasteiger charge is -2.12. The highest BCUT2D eigenvalue weighted by Gasteiger charge is 2.06. The van der Waals surface area contributed by atoms with Crippen molar-refractivity contribution in [2.75, 3.05) is 0 Å². The number of allylic oxidation sites excluding steroid dienone is 4. The fourth-order valence-electron chi connectivity index (χ4n) is 2.93. The zero-order chi connectivity index (χ0) is 19.5. The Hall–Kier alpha value is -2.94. The molecular formula is C24H27BO2. The summed E-state index contributed by atoms with van der Waals surface area (Å²) in [6.45, 7) is 15.2. The second kappa shape index (κ2) is 10.9. The molecule has 0 aromatic heterocycles. The summed E-state index contributed by atoms with van der Waals surface area (Å²) in [6.07, 6.45) is 10.8. The summed E-state index contributed by atoms with van der Waals surface area (Å²) in [5.74, 6) is 1.58. The van der Waals surface area contributed by atoms with E-state index in [0.717, 1.165) is 37.2 Å². The fourth-order valence-corrected chi connectivity index (χ4v) is 2.93. The van der Waals surface area contributed by atoms with Gasteiger partial charge in [0, 0.05) is 0 Å². The molecule has 0 radical (unpaired) electrons. The molecule has 0 bridgehead atoms. The van der Waals surface area contributed by atoms with Crippen molar-refractivity contribution in [1.82, 2.24) is 0 Å². The lowest BCUT2D eigenvalue weighted by Crippen LogP contribution is -2.11. The third-order valence-electron chi connectivity index (χ3n) is 4.02. The first-order chi connectivity index (χ1) is 13.2. The number of hydrogen-bond donors (Lipinski definition) is 0. The monoisotopic (exact) mass is 358 g/mol. The predicted octanol–water partition coefficient (Wildman–Crippen LogP) is 5.32. The predicted molar refractivity (Wildman–Crippen MR) is 117 cm³/mol. The Morgan fingerprint density at radius 3 is 1.11 bits per heavy atom. The number of hydrogen-bond acceptors (Lipinski definition) is 2. The van der Waals surface area contributed by atoms with Crippen LogP contribution in [-0.4, -0.2) is 7.69 Å². The van der Waals surface area contributed by atoms with Crippen molar-refractivity contribution in [3.8, 4) is 11.5 Å². The van der Waals surface area contributed by atoms with Gasteiger partial charge in [-0.1, -0.05) is 36.4 Å². The Bertz CT molecular complexity index is 684. The SMILES string of the molecule is C=CCc1cc(CC=C)cc(OBOc2cc(CC=C)cc(CC=C)c2)c1. The lowest BCUT2D eigenvalue weighted by atomic mass is 10.0. The van der Waals surface area contributed by atoms with Gasteiger partial charge in [0.25, 0.3) is 0 Å². The van der Waals surface area contributed by atoms with E-state index in [1.54, 1.807) is 0 Å². The van der Waals surface area contributed by atoms with Crippen LogP contribution < -0.4 is 9.31 Å². The molecule has 0 fully saturated rings. The van der Waals surface area contributed by atoms with Crippen LogP contribution in [0.5, 0.6) is 11.5 Å². The summed E-state index contributed by atoms with van der Waals surface area (Å²) >= 11 is 0. The Labute approximate surface area is 163 Å². The minimum Gasteiger partial charge on any atom is -0.529 e. The largest absolute Gasteiger partial charge is 0.576 e. The standard InChI is InChI=1S/C24H27BO2/c1-5-9-19-13-20(10-6-2)16-23(15-19)26-25-27-24-17-21(11-7-3)14-22(18-24)12-8-4/h5-8,13-18,25H,1-4,9-12H2. The van der Waals surface area contributed by atoms with Crippen LogP contribution >= 0.6 is 0 Å². The van der Waals surface area contributed by atoms with Gasteiger partial charge in [0.15, 0.2) is 0 Å². The van der Waals surface area contributed by atoms with Gasteiger partial charge in [-0.2, -0.15) is 0 Å². The van der Waals surface area contributed by atoms with E-state index in [0.29, 0.717) is 0 Å². The van der Waals surface area contributed by atoms with Crippen LogP contribution in [0.1, 0.15) is 22.3 Å². The molecule has 2 aromatic rings. The highest BCUT2D eigenvalue weighted by molar-refractivity contribution is 6.20. The molecule has 0 saturated carbocycles. The van der Waals surface area contributed by atoms with Gasteiger partial charge in [-0.3, -0.25) is 0 Å². The zero-order valence-electron chi connectivity index (χ0n) is 16.0. The molecule has 0 heterocycles. The summed E-state index contributed by atoms with van der Waals surface area (Å²) in [7, 11) is 0.149. The quantitative estimate of drug-likeness (QED) is 0.377. The van der Waals surface area contributed by atoms with Gasteiger partial charge in [-0.25, -0.2) is 0 Å². The van der Waals surface area contributed by atoms with E-state index < -0.39 is 0 Å². The van der Waals surface area contributed by atoms with Gasteiger partial charge in [0.1, 0.15) is 11.5 Å². The van der Waals surface area contributed by atoms with Crippen molar-refractivity contribution in [2.24, 2.45) is 0 Å². The number of rotatable bonds is 12. The second-order valence-corrected chi connectivity index (χ2v) is 6.35. The Morgan fingerprint density at radius 2 is 0.852 bits per heavy atom. The summed E-state index contributed by atoms with van der Waals surface area (Å²) in [5, 5.41) is 0. The first-order valence-electron chi connectivity index (χ1n) is 9.13. The van der Waals surface area contributed by atoms with E-state index in [2.05, 4.69) is 38.4 Å². The van der Waals surface area contributed by atoms with Gasteiger partial charge in [0.05, 0.1) is 0 Å². The minimum absolute atomic E-state index is 0.149. The van der Waals surface area contributed by atoms with E-state index in [-0.39, 0.29) is 7.69 Å². The molecule has 0 aliphatic heterocycles. The fraction of sp³-hybridized carbons (Fsp3) is 0.167. The molecule has 27 heavy (non-hydrogen) atoms. The molecule has 138 valence electrons. The molecule has 0 aliphatic rings. The molecule has 2 aromatic carbocycles. The van der Waals surface area contributed by atoms with E-state index in [9.17, 15) is 0 Å². The van der Waals surface area contributed by atoms with Gasteiger partial charge in [-0.15, -0.1) is 26.3 Å². The molecule has 2 rings (SSSR count). The van der Waals surface area contributed by atoms with Gasteiger partial charge >= 0.3 is 7.69 Å². The maximum Gasteiger partial charge on any atom is 0.576 e. The maximum atomic E-state index is 5.85. The molecule has 0 atom stereocenters. The van der Waals surface area contributed by atoms with E-state index in [1.165, 1.54) is 22.3 Å². The van der Waals surface area contributed by atoms with Crippen LogP contribution in [0, 0.1) is 0 Å². The van der Waals surface area contributed by atoms with Crippen molar-refractivity contribution in [3.63, 3.8) is 0 Å². The highest BCUT2D eigenvalue weighted by Crippen LogP contribution is 2.21. The van der Waals surface area contributed by atoms with Gasteiger partial charge in [0.2, 0.25) is 0 Å². The first kappa shape index (κ1) is 20.4. The van der Waals surface area contributed by atoms with E-state index >= 15 is 0 Å². The molecule has 2 nitrogen and oxygen atoms in total. The van der Waals surface area contributed by atoms with E-state index in [1.807, 2.05) is 48.6 Å². The van der Waals surface area contributed by atoms with Crippen LogP contribution in [0.25, 0.3) is 0 Å². The molecule has 0 saturated heterocycles. The summed E-state index contributed by atoms with van der Waals surface area (Å²) in [5.41, 5.74) is 4.67. The highest BCUT2D eigenvalue weighted by atomic mass is 16.6. The van der Waals surface area contributed by atoms with Crippen molar-refractivity contribution < 1.29 is 9.31 Å². The summed E-state index contributed by atoms with van der Waals surface area (Å²) < 4.78 is 11.7. The van der Waals surface area contributed by atoms with Crippen molar-refractivity contribution in [3.05, 3.63) is 109 Å². The van der Waals surface area contributed by atoms with E-state index in [4.69, 9.17) is 9.31 Å². The molecule has 0 spiro atoms. The topological polar surface area (TPSA) is 18.5 Å². The van der Waals surface area contributed by atoms with Gasteiger partial charge < -0.3 is 9.31 Å². The minimum atomic E-state index is 0.149. The molecule has 0 unspecified atom stereocenters. The first-order valence-corrected chi connectivity index (χ1v) is 9.13. The smallest absolute Gasteiger partial charge is 0.529 e. The Morgan fingerprint density at radius 1 is 0.556 bits per heavy atom. The van der Waals surface area contributed by atoms with Crippen molar-refractivity contribution in [2.45, 2.75) is 25.7 Å². The van der Waals surface area contributed by atoms with Crippen LogP contribution in [0.4, 0.5) is 0 Å². The average molecular weight is 358 g/mol. The summed E-state index contributed by atoms with van der Waals surface area (Å²) in [6, 6.07) is 12.4. The normalized spacial score (nSPS) is 9.93. The van der Waals surface area contributed by atoms with Gasteiger partial charge in [-0.05, 0) is 72.2 Å². The Balaban J connectivity index is 2.08. The number of benzene rings is 2. The van der Waals surface area contributed by atoms with Crippen LogP contribution in [-0.2, 0) is 25.7 Å². The lowest BCUT2D eigenvalue weighted by molar-refractivity contribution is 0.458. The molecular weight excluding hydrogens is 331 g/mol. The Kier molecular flexibility index (Phi) is 8.24. The summed E-state index contributed by atoms with van der Waals surface area (Å²) in [4.78, 5) is 0.